The van der Waals surface area contributed by atoms with E-state index >= 15 is 0 Å². The molecule has 0 heterocycles. The molecule has 0 unspecified atom stereocenters. The van der Waals surface area contributed by atoms with E-state index in [0.717, 1.165) is 17.0 Å². The van der Waals surface area contributed by atoms with Crippen molar-refractivity contribution in [2.75, 3.05) is 35.4 Å². The van der Waals surface area contributed by atoms with Gasteiger partial charge in [-0.2, -0.15) is 0 Å². The fourth-order valence-corrected chi connectivity index (χ4v) is 3.17. The summed E-state index contributed by atoms with van der Waals surface area (Å²) in [5.41, 5.74) is 2.71. The van der Waals surface area contributed by atoms with E-state index < -0.39 is 0 Å². The number of anilines is 2. The zero-order chi connectivity index (χ0) is 18.9. The van der Waals surface area contributed by atoms with Crippen molar-refractivity contribution in [3.05, 3.63) is 54.1 Å². The minimum absolute atomic E-state index is 0.000322. The maximum absolute atomic E-state index is 12.5. The van der Waals surface area contributed by atoms with Crippen molar-refractivity contribution in [1.29, 1.82) is 0 Å². The van der Waals surface area contributed by atoms with Gasteiger partial charge in [0.2, 0.25) is 11.8 Å². The standard InChI is InChI=1S/C20H24N2O3S/c1-4-22(17-7-5-6-15(2)12-17)20(24)14-26-13-19(23)21-16-8-10-18(25-3)11-9-16/h5-12H,4,13-14H2,1-3H3,(H,21,23). The Bertz CT molecular complexity index is 747. The quantitative estimate of drug-likeness (QED) is 0.767. The fourth-order valence-electron chi connectivity index (χ4n) is 2.48. The van der Waals surface area contributed by atoms with Crippen molar-refractivity contribution >= 4 is 35.0 Å². The van der Waals surface area contributed by atoms with Crippen LogP contribution in [0, 0.1) is 6.92 Å². The van der Waals surface area contributed by atoms with E-state index in [4.69, 9.17) is 4.74 Å². The molecular weight excluding hydrogens is 348 g/mol. The van der Waals surface area contributed by atoms with Crippen LogP contribution < -0.4 is 15.0 Å². The van der Waals surface area contributed by atoms with Crippen LogP contribution in [0.2, 0.25) is 0 Å². The highest BCUT2D eigenvalue weighted by Crippen LogP contribution is 2.18. The lowest BCUT2D eigenvalue weighted by Crippen LogP contribution is -2.32. The van der Waals surface area contributed by atoms with Gasteiger partial charge in [-0.15, -0.1) is 11.8 Å². The number of nitrogens with zero attached hydrogens (tertiary/aromatic N) is 1. The molecule has 26 heavy (non-hydrogen) atoms. The monoisotopic (exact) mass is 372 g/mol. The summed E-state index contributed by atoms with van der Waals surface area (Å²) in [6.45, 7) is 4.54. The first-order valence-electron chi connectivity index (χ1n) is 8.42. The van der Waals surface area contributed by atoms with Gasteiger partial charge in [0, 0.05) is 17.9 Å². The van der Waals surface area contributed by atoms with Crippen LogP contribution in [-0.2, 0) is 9.59 Å². The molecule has 0 aromatic heterocycles. The van der Waals surface area contributed by atoms with Crippen LogP contribution in [0.5, 0.6) is 5.75 Å². The van der Waals surface area contributed by atoms with Gasteiger partial charge in [0.15, 0.2) is 0 Å². The number of methoxy groups -OCH3 is 1. The van der Waals surface area contributed by atoms with Crippen molar-refractivity contribution in [3.63, 3.8) is 0 Å². The Labute approximate surface area is 158 Å². The molecule has 6 heteroatoms. The summed E-state index contributed by atoms with van der Waals surface area (Å²) in [6, 6.07) is 15.0. The lowest BCUT2D eigenvalue weighted by atomic mass is 10.2. The zero-order valence-electron chi connectivity index (χ0n) is 15.3. The summed E-state index contributed by atoms with van der Waals surface area (Å²) in [7, 11) is 1.59. The number of thioether (sulfide) groups is 1. The van der Waals surface area contributed by atoms with E-state index in [1.165, 1.54) is 11.8 Å². The lowest BCUT2D eigenvalue weighted by Gasteiger charge is -2.21. The van der Waals surface area contributed by atoms with Gasteiger partial charge in [0.05, 0.1) is 18.6 Å². The molecule has 5 nitrogen and oxygen atoms in total. The van der Waals surface area contributed by atoms with Gasteiger partial charge in [-0.1, -0.05) is 12.1 Å². The number of carbonyl (C=O) groups excluding carboxylic acids is 2. The number of nitrogens with one attached hydrogen (secondary N) is 1. The molecule has 0 aliphatic carbocycles. The van der Waals surface area contributed by atoms with Crippen LogP contribution in [0.1, 0.15) is 12.5 Å². The smallest absolute Gasteiger partial charge is 0.236 e. The second-order valence-electron chi connectivity index (χ2n) is 5.75. The van der Waals surface area contributed by atoms with E-state index in [1.54, 1.807) is 36.3 Å². The molecule has 0 saturated heterocycles. The van der Waals surface area contributed by atoms with Gasteiger partial charge in [0.1, 0.15) is 5.75 Å². The third-order valence-corrected chi connectivity index (χ3v) is 4.68. The number of aryl methyl sites for hydroxylation is 1. The summed E-state index contributed by atoms with van der Waals surface area (Å²) < 4.78 is 5.08. The van der Waals surface area contributed by atoms with Crippen LogP contribution in [0.4, 0.5) is 11.4 Å². The van der Waals surface area contributed by atoms with Crippen molar-refractivity contribution in [2.45, 2.75) is 13.8 Å². The van der Waals surface area contributed by atoms with Crippen LogP contribution in [-0.4, -0.2) is 37.0 Å². The van der Waals surface area contributed by atoms with E-state index in [1.807, 2.05) is 38.1 Å². The van der Waals surface area contributed by atoms with Gasteiger partial charge in [-0.05, 0) is 55.8 Å². The van der Waals surface area contributed by atoms with E-state index in [9.17, 15) is 9.59 Å². The lowest BCUT2D eigenvalue weighted by molar-refractivity contribution is -0.116. The summed E-state index contributed by atoms with van der Waals surface area (Å²) in [4.78, 5) is 26.2. The zero-order valence-corrected chi connectivity index (χ0v) is 16.1. The van der Waals surface area contributed by atoms with E-state index in [-0.39, 0.29) is 23.3 Å². The third kappa shape index (κ3) is 5.81. The normalized spacial score (nSPS) is 10.3. The second kappa shape index (κ2) is 9.87. The molecule has 1 N–H and O–H groups in total. The minimum Gasteiger partial charge on any atom is -0.497 e. The average Bonchev–Trinajstić information content (AvgIpc) is 2.63. The number of hydrogen-bond acceptors (Lipinski definition) is 4. The van der Waals surface area contributed by atoms with Gasteiger partial charge >= 0.3 is 0 Å². The third-order valence-electron chi connectivity index (χ3n) is 3.76. The van der Waals surface area contributed by atoms with Crippen LogP contribution in [0.25, 0.3) is 0 Å². The predicted molar refractivity (Wildman–Crippen MR) is 108 cm³/mol. The summed E-state index contributed by atoms with van der Waals surface area (Å²) in [5.74, 6) is 1.09. The largest absolute Gasteiger partial charge is 0.497 e. The first-order chi connectivity index (χ1) is 12.5. The van der Waals surface area contributed by atoms with Crippen LogP contribution in [0.3, 0.4) is 0 Å². The number of carbonyl (C=O) groups is 2. The molecule has 0 fully saturated rings. The van der Waals surface area contributed by atoms with Crippen molar-refractivity contribution in [1.82, 2.24) is 0 Å². The SMILES string of the molecule is CCN(C(=O)CSCC(=O)Nc1ccc(OC)cc1)c1cccc(C)c1. The van der Waals surface area contributed by atoms with Crippen LogP contribution in [0.15, 0.2) is 48.5 Å². The highest BCUT2D eigenvalue weighted by Gasteiger charge is 2.14. The molecule has 0 spiro atoms. The van der Waals surface area contributed by atoms with Gasteiger partial charge in [-0.25, -0.2) is 0 Å². The Morgan fingerprint density at radius 1 is 1.12 bits per heavy atom. The molecule has 2 aromatic rings. The Morgan fingerprint density at radius 3 is 2.46 bits per heavy atom. The van der Waals surface area contributed by atoms with Crippen LogP contribution >= 0.6 is 11.8 Å². The molecule has 0 aliphatic heterocycles. The van der Waals surface area contributed by atoms with Gasteiger partial charge in [0.25, 0.3) is 0 Å². The number of hydrogen-bond donors (Lipinski definition) is 1. The molecule has 2 aromatic carbocycles. The van der Waals surface area contributed by atoms with Crippen molar-refractivity contribution in [3.8, 4) is 5.75 Å². The number of amides is 2. The second-order valence-corrected chi connectivity index (χ2v) is 6.73. The van der Waals surface area contributed by atoms with E-state index in [0.29, 0.717) is 12.2 Å². The summed E-state index contributed by atoms with van der Waals surface area (Å²) in [5, 5.41) is 2.81. The highest BCUT2D eigenvalue weighted by molar-refractivity contribution is 8.00. The molecule has 2 rings (SSSR count). The molecule has 2 amide bonds. The molecule has 0 aliphatic rings. The Kier molecular flexibility index (Phi) is 7.53. The number of ether oxygens (including phenoxy) is 1. The first-order valence-corrected chi connectivity index (χ1v) is 9.57. The highest BCUT2D eigenvalue weighted by atomic mass is 32.2. The Balaban J connectivity index is 1.81. The maximum atomic E-state index is 12.5. The molecule has 0 atom stereocenters. The molecule has 0 radical (unpaired) electrons. The van der Waals surface area contributed by atoms with Gasteiger partial charge in [-0.3, -0.25) is 9.59 Å². The molecular formula is C20H24N2O3S. The Morgan fingerprint density at radius 2 is 1.85 bits per heavy atom. The minimum atomic E-state index is -0.133. The molecule has 0 saturated carbocycles. The number of benzene rings is 2. The molecule has 0 bridgehead atoms. The number of rotatable bonds is 8. The topological polar surface area (TPSA) is 58.6 Å². The molecule has 138 valence electrons. The fraction of sp³-hybridized carbons (Fsp3) is 0.300. The average molecular weight is 372 g/mol. The maximum Gasteiger partial charge on any atom is 0.236 e. The van der Waals surface area contributed by atoms with Crippen molar-refractivity contribution < 1.29 is 14.3 Å². The van der Waals surface area contributed by atoms with E-state index in [2.05, 4.69) is 5.32 Å². The Hall–Kier alpha value is -2.47. The summed E-state index contributed by atoms with van der Waals surface area (Å²) in [6.07, 6.45) is 0. The predicted octanol–water partition coefficient (Wildman–Crippen LogP) is 3.73. The summed E-state index contributed by atoms with van der Waals surface area (Å²) >= 11 is 1.31. The first kappa shape index (κ1) is 19.8. The van der Waals surface area contributed by atoms with Crippen molar-refractivity contribution in [2.24, 2.45) is 0 Å². The van der Waals surface area contributed by atoms with Gasteiger partial charge < -0.3 is 15.0 Å².